The SMILES string of the molecule is CCC(C(C)CCC(C)C)C(C)NC(C)C. The first-order valence-corrected chi connectivity index (χ1v) is 7.14. The van der Waals surface area contributed by atoms with Gasteiger partial charge in [0.2, 0.25) is 0 Å². The Labute approximate surface area is 103 Å². The molecule has 3 atom stereocenters. The third kappa shape index (κ3) is 6.52. The van der Waals surface area contributed by atoms with E-state index in [4.69, 9.17) is 0 Å². The second-order valence-electron chi connectivity index (χ2n) is 6.13. The van der Waals surface area contributed by atoms with E-state index in [2.05, 4.69) is 53.8 Å². The summed E-state index contributed by atoms with van der Waals surface area (Å²) in [6, 6.07) is 1.24. The van der Waals surface area contributed by atoms with Crippen molar-refractivity contribution in [3.63, 3.8) is 0 Å². The van der Waals surface area contributed by atoms with Gasteiger partial charge in [-0.1, -0.05) is 60.8 Å². The van der Waals surface area contributed by atoms with E-state index in [9.17, 15) is 0 Å². The molecule has 0 aromatic carbocycles. The van der Waals surface area contributed by atoms with Gasteiger partial charge in [-0.05, 0) is 24.7 Å². The fraction of sp³-hybridized carbons (Fsp3) is 1.00. The monoisotopic (exact) mass is 227 g/mol. The molecule has 16 heavy (non-hydrogen) atoms. The van der Waals surface area contributed by atoms with Gasteiger partial charge < -0.3 is 5.32 Å². The van der Waals surface area contributed by atoms with Gasteiger partial charge in [-0.3, -0.25) is 0 Å². The van der Waals surface area contributed by atoms with Crippen molar-refractivity contribution in [2.75, 3.05) is 0 Å². The maximum atomic E-state index is 3.66. The zero-order valence-electron chi connectivity index (χ0n) is 12.5. The quantitative estimate of drug-likeness (QED) is 0.645. The average Bonchev–Trinajstić information content (AvgIpc) is 2.14. The second-order valence-corrected chi connectivity index (χ2v) is 6.13. The minimum Gasteiger partial charge on any atom is -0.312 e. The fourth-order valence-electron chi connectivity index (χ4n) is 2.71. The molecule has 0 aromatic heterocycles. The van der Waals surface area contributed by atoms with E-state index in [1.54, 1.807) is 0 Å². The zero-order valence-corrected chi connectivity index (χ0v) is 12.5. The van der Waals surface area contributed by atoms with Gasteiger partial charge in [-0.15, -0.1) is 0 Å². The van der Waals surface area contributed by atoms with Crippen molar-refractivity contribution in [2.45, 2.75) is 79.8 Å². The topological polar surface area (TPSA) is 12.0 Å². The fourth-order valence-corrected chi connectivity index (χ4v) is 2.71. The molecule has 0 amide bonds. The van der Waals surface area contributed by atoms with Gasteiger partial charge >= 0.3 is 0 Å². The van der Waals surface area contributed by atoms with E-state index in [-0.39, 0.29) is 0 Å². The largest absolute Gasteiger partial charge is 0.312 e. The van der Waals surface area contributed by atoms with E-state index < -0.39 is 0 Å². The highest BCUT2D eigenvalue weighted by Gasteiger charge is 2.22. The molecule has 0 saturated carbocycles. The van der Waals surface area contributed by atoms with E-state index >= 15 is 0 Å². The van der Waals surface area contributed by atoms with Crippen LogP contribution in [0.5, 0.6) is 0 Å². The Morgan fingerprint density at radius 3 is 1.81 bits per heavy atom. The van der Waals surface area contributed by atoms with Gasteiger partial charge in [0, 0.05) is 12.1 Å². The molecule has 1 heteroatoms. The van der Waals surface area contributed by atoms with Crippen LogP contribution < -0.4 is 5.32 Å². The van der Waals surface area contributed by atoms with Crippen LogP contribution >= 0.6 is 0 Å². The number of rotatable bonds is 8. The summed E-state index contributed by atoms with van der Waals surface area (Å²) < 4.78 is 0. The van der Waals surface area contributed by atoms with Crippen molar-refractivity contribution < 1.29 is 0 Å². The predicted molar refractivity (Wildman–Crippen MR) is 74.8 cm³/mol. The number of hydrogen-bond acceptors (Lipinski definition) is 1. The second kappa shape index (κ2) is 8.11. The summed E-state index contributed by atoms with van der Waals surface area (Å²) in [6.07, 6.45) is 4.03. The van der Waals surface area contributed by atoms with E-state index in [1.807, 2.05) is 0 Å². The van der Waals surface area contributed by atoms with Crippen LogP contribution in [-0.4, -0.2) is 12.1 Å². The van der Waals surface area contributed by atoms with Crippen LogP contribution in [-0.2, 0) is 0 Å². The lowest BCUT2D eigenvalue weighted by Gasteiger charge is -2.31. The summed E-state index contributed by atoms with van der Waals surface area (Å²) in [6.45, 7) is 16.2. The molecule has 0 radical (unpaired) electrons. The van der Waals surface area contributed by atoms with Gasteiger partial charge in [-0.25, -0.2) is 0 Å². The van der Waals surface area contributed by atoms with Crippen LogP contribution in [0.3, 0.4) is 0 Å². The van der Waals surface area contributed by atoms with Crippen molar-refractivity contribution in [3.8, 4) is 0 Å². The average molecular weight is 227 g/mol. The van der Waals surface area contributed by atoms with E-state index in [0.29, 0.717) is 12.1 Å². The Balaban J connectivity index is 4.13. The molecule has 0 aliphatic rings. The first kappa shape index (κ1) is 16.0. The summed E-state index contributed by atoms with van der Waals surface area (Å²) in [7, 11) is 0. The lowest BCUT2D eigenvalue weighted by molar-refractivity contribution is 0.236. The molecule has 0 heterocycles. The molecule has 0 fully saturated rings. The Kier molecular flexibility index (Phi) is 8.09. The van der Waals surface area contributed by atoms with Crippen LogP contribution in [0.4, 0.5) is 0 Å². The molecule has 1 N–H and O–H groups in total. The molecule has 1 nitrogen and oxygen atoms in total. The number of nitrogens with one attached hydrogen (secondary N) is 1. The van der Waals surface area contributed by atoms with Gasteiger partial charge in [0.15, 0.2) is 0 Å². The first-order valence-electron chi connectivity index (χ1n) is 7.14. The summed E-state index contributed by atoms with van der Waals surface area (Å²) in [5.41, 5.74) is 0. The minimum atomic E-state index is 0.598. The summed E-state index contributed by atoms with van der Waals surface area (Å²) in [4.78, 5) is 0. The molecular formula is C15H33N. The highest BCUT2D eigenvalue weighted by Crippen LogP contribution is 2.25. The highest BCUT2D eigenvalue weighted by molar-refractivity contribution is 4.77. The van der Waals surface area contributed by atoms with Crippen molar-refractivity contribution in [2.24, 2.45) is 17.8 Å². The predicted octanol–water partition coefficient (Wildman–Crippen LogP) is 4.47. The lowest BCUT2D eigenvalue weighted by Crippen LogP contribution is -2.40. The lowest BCUT2D eigenvalue weighted by atomic mass is 9.82. The Hall–Kier alpha value is -0.0400. The van der Waals surface area contributed by atoms with Crippen LogP contribution in [0.1, 0.15) is 67.7 Å². The van der Waals surface area contributed by atoms with Crippen LogP contribution in [0.25, 0.3) is 0 Å². The molecule has 0 bridgehead atoms. The van der Waals surface area contributed by atoms with Gasteiger partial charge in [0.1, 0.15) is 0 Å². The molecule has 0 aromatic rings. The third-order valence-electron chi connectivity index (χ3n) is 3.64. The summed E-state index contributed by atoms with van der Waals surface area (Å²) in [5.74, 6) is 2.50. The van der Waals surface area contributed by atoms with E-state index in [1.165, 1.54) is 19.3 Å². The zero-order chi connectivity index (χ0) is 12.7. The maximum absolute atomic E-state index is 3.66. The smallest absolute Gasteiger partial charge is 0.00717 e. The Morgan fingerprint density at radius 1 is 0.875 bits per heavy atom. The molecule has 0 saturated heterocycles. The van der Waals surface area contributed by atoms with Crippen molar-refractivity contribution >= 4 is 0 Å². The van der Waals surface area contributed by atoms with Gasteiger partial charge in [-0.2, -0.15) is 0 Å². The Bertz CT molecular complexity index is 163. The highest BCUT2D eigenvalue weighted by atomic mass is 14.9. The van der Waals surface area contributed by atoms with Gasteiger partial charge in [0.25, 0.3) is 0 Å². The van der Waals surface area contributed by atoms with Crippen LogP contribution in [0, 0.1) is 17.8 Å². The summed E-state index contributed by atoms with van der Waals surface area (Å²) in [5, 5.41) is 3.66. The normalized spacial score (nSPS) is 17.8. The summed E-state index contributed by atoms with van der Waals surface area (Å²) >= 11 is 0. The molecule has 0 spiro atoms. The molecule has 0 aliphatic heterocycles. The molecular weight excluding hydrogens is 194 g/mol. The maximum Gasteiger partial charge on any atom is 0.00717 e. The molecule has 0 aliphatic carbocycles. The first-order chi connectivity index (χ1) is 7.38. The number of hydrogen-bond donors (Lipinski definition) is 1. The van der Waals surface area contributed by atoms with Crippen LogP contribution in [0.2, 0.25) is 0 Å². The van der Waals surface area contributed by atoms with Gasteiger partial charge in [0.05, 0.1) is 0 Å². The standard InChI is InChI=1S/C15H33N/c1-8-15(14(7)16-12(4)5)13(6)10-9-11(2)3/h11-16H,8-10H2,1-7H3. The molecule has 0 rings (SSSR count). The van der Waals surface area contributed by atoms with Crippen molar-refractivity contribution in [1.82, 2.24) is 5.32 Å². The Morgan fingerprint density at radius 2 is 1.44 bits per heavy atom. The van der Waals surface area contributed by atoms with E-state index in [0.717, 1.165) is 17.8 Å². The molecule has 98 valence electrons. The molecule has 3 unspecified atom stereocenters. The minimum absolute atomic E-state index is 0.598. The third-order valence-corrected chi connectivity index (χ3v) is 3.64. The van der Waals surface area contributed by atoms with Crippen LogP contribution in [0.15, 0.2) is 0 Å². The van der Waals surface area contributed by atoms with Crippen molar-refractivity contribution in [1.29, 1.82) is 0 Å². The van der Waals surface area contributed by atoms with Crippen molar-refractivity contribution in [3.05, 3.63) is 0 Å².